The molecular formula is C23H19F3N2O3S. The number of fused-ring (bicyclic) bond motifs is 1. The van der Waals surface area contributed by atoms with Crippen LogP contribution in [0.3, 0.4) is 0 Å². The first-order valence-corrected chi connectivity index (χ1v) is 10.5. The number of aryl methyl sites for hydroxylation is 1. The molecule has 0 N–H and O–H groups in total. The molecule has 0 amide bonds. The molecule has 0 bridgehead atoms. The van der Waals surface area contributed by atoms with Crippen molar-refractivity contribution >= 4 is 28.2 Å². The van der Waals surface area contributed by atoms with Crippen molar-refractivity contribution in [1.29, 1.82) is 0 Å². The Morgan fingerprint density at radius 2 is 1.88 bits per heavy atom. The van der Waals surface area contributed by atoms with Crippen molar-refractivity contribution in [2.75, 3.05) is 7.11 Å². The van der Waals surface area contributed by atoms with Crippen molar-refractivity contribution in [3.05, 3.63) is 70.9 Å². The van der Waals surface area contributed by atoms with E-state index in [-0.39, 0.29) is 19.1 Å². The number of aromatic nitrogens is 2. The molecule has 0 atom stereocenters. The Bertz CT molecular complexity index is 1260. The molecule has 9 heteroatoms. The third-order valence-electron chi connectivity index (χ3n) is 4.99. The first-order chi connectivity index (χ1) is 15.3. The number of hydrogen-bond donors (Lipinski definition) is 0. The van der Waals surface area contributed by atoms with Crippen LogP contribution in [0.5, 0.6) is 5.75 Å². The monoisotopic (exact) mass is 460 g/mol. The standard InChI is InChI=1S/C23H19F3N2O3S/c1-14-19(32-22(27-14)16-6-8-17(9-7-16)23(24,25)26)13-31-18-5-3-4-15-10-11-28(21(15)18)12-20(29)30-2/h3-11H,12-13H2,1-2H3. The Kier molecular flexibility index (Phi) is 5.92. The second-order valence-electron chi connectivity index (χ2n) is 7.11. The molecule has 2 aromatic heterocycles. The Morgan fingerprint density at radius 1 is 1.12 bits per heavy atom. The zero-order valence-electron chi connectivity index (χ0n) is 17.3. The van der Waals surface area contributed by atoms with Crippen LogP contribution in [0.2, 0.25) is 0 Å². The average molecular weight is 460 g/mol. The highest BCUT2D eigenvalue weighted by Gasteiger charge is 2.30. The highest BCUT2D eigenvalue weighted by Crippen LogP contribution is 2.34. The van der Waals surface area contributed by atoms with Crippen LogP contribution in [0.25, 0.3) is 21.5 Å². The van der Waals surface area contributed by atoms with Crippen molar-refractivity contribution in [3.8, 4) is 16.3 Å². The number of alkyl halides is 3. The third-order valence-corrected chi connectivity index (χ3v) is 6.17. The Hall–Kier alpha value is -3.33. The number of nitrogens with zero attached hydrogens (tertiary/aromatic N) is 2. The fourth-order valence-corrected chi connectivity index (χ4v) is 4.29. The first kappa shape index (κ1) is 21.9. The number of methoxy groups -OCH3 is 1. The maximum Gasteiger partial charge on any atom is 0.416 e. The van der Waals surface area contributed by atoms with Crippen LogP contribution in [0.1, 0.15) is 16.1 Å². The minimum Gasteiger partial charge on any atom is -0.486 e. The summed E-state index contributed by atoms with van der Waals surface area (Å²) in [6.45, 7) is 2.15. The van der Waals surface area contributed by atoms with E-state index in [1.165, 1.54) is 30.6 Å². The van der Waals surface area contributed by atoms with Crippen molar-refractivity contribution in [3.63, 3.8) is 0 Å². The molecule has 0 fully saturated rings. The van der Waals surface area contributed by atoms with E-state index in [0.717, 1.165) is 33.6 Å². The van der Waals surface area contributed by atoms with E-state index in [0.29, 0.717) is 16.3 Å². The van der Waals surface area contributed by atoms with Gasteiger partial charge < -0.3 is 14.0 Å². The minimum absolute atomic E-state index is 0.0675. The van der Waals surface area contributed by atoms with E-state index < -0.39 is 11.7 Å². The summed E-state index contributed by atoms with van der Waals surface area (Å²) in [5.41, 5.74) is 1.46. The van der Waals surface area contributed by atoms with Gasteiger partial charge in [0.1, 0.15) is 23.9 Å². The molecule has 0 saturated heterocycles. The minimum atomic E-state index is -4.37. The van der Waals surface area contributed by atoms with Gasteiger partial charge in [0.15, 0.2) is 0 Å². The van der Waals surface area contributed by atoms with Crippen molar-refractivity contribution in [2.45, 2.75) is 26.3 Å². The molecule has 32 heavy (non-hydrogen) atoms. The zero-order valence-corrected chi connectivity index (χ0v) is 18.1. The lowest BCUT2D eigenvalue weighted by Crippen LogP contribution is -2.11. The number of ether oxygens (including phenoxy) is 2. The lowest BCUT2D eigenvalue weighted by atomic mass is 10.1. The third kappa shape index (κ3) is 4.47. The average Bonchev–Trinajstić information content (AvgIpc) is 3.35. The van der Waals surface area contributed by atoms with E-state index in [9.17, 15) is 18.0 Å². The van der Waals surface area contributed by atoms with Crippen LogP contribution in [-0.4, -0.2) is 22.6 Å². The number of rotatable bonds is 6. The van der Waals surface area contributed by atoms with Crippen molar-refractivity contribution < 1.29 is 27.4 Å². The lowest BCUT2D eigenvalue weighted by Gasteiger charge is -2.10. The Balaban J connectivity index is 1.55. The summed E-state index contributed by atoms with van der Waals surface area (Å²) in [5.74, 6) is 0.247. The van der Waals surface area contributed by atoms with Crippen LogP contribution in [0, 0.1) is 6.92 Å². The summed E-state index contributed by atoms with van der Waals surface area (Å²) in [5, 5.41) is 1.56. The van der Waals surface area contributed by atoms with Crippen LogP contribution in [0.4, 0.5) is 13.2 Å². The molecule has 2 heterocycles. The quantitative estimate of drug-likeness (QED) is 0.339. The summed E-state index contributed by atoms with van der Waals surface area (Å²) in [7, 11) is 1.34. The molecule has 166 valence electrons. The van der Waals surface area contributed by atoms with Gasteiger partial charge in [-0.15, -0.1) is 11.3 Å². The number of halogens is 3. The lowest BCUT2D eigenvalue weighted by molar-refractivity contribution is -0.141. The van der Waals surface area contributed by atoms with Crippen molar-refractivity contribution in [1.82, 2.24) is 9.55 Å². The molecule has 4 rings (SSSR count). The normalized spacial score (nSPS) is 11.7. The predicted molar refractivity (Wildman–Crippen MR) is 116 cm³/mol. The summed E-state index contributed by atoms with van der Waals surface area (Å²) in [6.07, 6.45) is -2.57. The number of benzene rings is 2. The van der Waals surface area contributed by atoms with Crippen LogP contribution < -0.4 is 4.74 Å². The van der Waals surface area contributed by atoms with Crippen LogP contribution in [0.15, 0.2) is 54.7 Å². The molecule has 0 spiro atoms. The number of carbonyl (C=O) groups excluding carboxylic acids is 1. The predicted octanol–water partition coefficient (Wildman–Crippen LogP) is 5.84. The number of thiazole rings is 1. The summed E-state index contributed by atoms with van der Waals surface area (Å²) in [4.78, 5) is 17.1. The molecule has 4 aromatic rings. The van der Waals surface area contributed by atoms with Crippen LogP contribution >= 0.6 is 11.3 Å². The van der Waals surface area contributed by atoms with E-state index in [2.05, 4.69) is 4.98 Å². The highest BCUT2D eigenvalue weighted by molar-refractivity contribution is 7.15. The number of esters is 1. The van der Waals surface area contributed by atoms with Gasteiger partial charge in [0.2, 0.25) is 0 Å². The summed E-state index contributed by atoms with van der Waals surface area (Å²) < 4.78 is 51.0. The highest BCUT2D eigenvalue weighted by atomic mass is 32.1. The molecule has 0 aliphatic carbocycles. The Labute approximate surface area is 186 Å². The maximum atomic E-state index is 12.8. The van der Waals surface area contributed by atoms with E-state index in [1.807, 2.05) is 31.2 Å². The summed E-state index contributed by atoms with van der Waals surface area (Å²) in [6, 6.07) is 12.5. The largest absolute Gasteiger partial charge is 0.486 e. The molecule has 0 saturated carbocycles. The molecular weight excluding hydrogens is 441 g/mol. The van der Waals surface area contributed by atoms with Gasteiger partial charge in [0.25, 0.3) is 0 Å². The molecule has 0 unspecified atom stereocenters. The molecule has 0 radical (unpaired) electrons. The molecule has 5 nitrogen and oxygen atoms in total. The fourth-order valence-electron chi connectivity index (χ4n) is 3.31. The van der Waals surface area contributed by atoms with Crippen LogP contribution in [-0.2, 0) is 28.9 Å². The molecule has 0 aliphatic rings. The van der Waals surface area contributed by atoms with Crippen molar-refractivity contribution in [2.24, 2.45) is 0 Å². The van der Waals surface area contributed by atoms with Gasteiger partial charge in [0, 0.05) is 17.1 Å². The smallest absolute Gasteiger partial charge is 0.416 e. The Morgan fingerprint density at radius 3 is 2.56 bits per heavy atom. The second kappa shape index (κ2) is 8.66. The van der Waals surface area contributed by atoms with Gasteiger partial charge in [-0.05, 0) is 31.2 Å². The van der Waals surface area contributed by atoms with Gasteiger partial charge in [-0.3, -0.25) is 4.79 Å². The SMILES string of the molecule is COC(=O)Cn1ccc2cccc(OCc3sc(-c4ccc(C(F)(F)F)cc4)nc3C)c21. The van der Waals surface area contributed by atoms with E-state index >= 15 is 0 Å². The van der Waals surface area contributed by atoms with Gasteiger partial charge in [-0.1, -0.05) is 24.3 Å². The number of para-hydroxylation sites is 1. The van der Waals surface area contributed by atoms with Gasteiger partial charge in [-0.2, -0.15) is 13.2 Å². The second-order valence-corrected chi connectivity index (χ2v) is 8.19. The van der Waals surface area contributed by atoms with Gasteiger partial charge in [-0.25, -0.2) is 4.98 Å². The maximum absolute atomic E-state index is 12.8. The number of carbonyl (C=O) groups is 1. The first-order valence-electron chi connectivity index (χ1n) is 9.67. The van der Waals surface area contributed by atoms with Gasteiger partial charge in [0.05, 0.1) is 28.8 Å². The zero-order chi connectivity index (χ0) is 22.9. The molecule has 0 aliphatic heterocycles. The van der Waals surface area contributed by atoms with Gasteiger partial charge >= 0.3 is 12.1 Å². The summed E-state index contributed by atoms with van der Waals surface area (Å²) >= 11 is 1.37. The number of hydrogen-bond acceptors (Lipinski definition) is 5. The topological polar surface area (TPSA) is 53.4 Å². The van der Waals surface area contributed by atoms with E-state index in [1.54, 1.807) is 10.8 Å². The fraction of sp³-hybridized carbons (Fsp3) is 0.217. The molecule has 2 aromatic carbocycles. The van der Waals surface area contributed by atoms with E-state index in [4.69, 9.17) is 9.47 Å².